The van der Waals surface area contributed by atoms with Gasteiger partial charge in [-0.1, -0.05) is 6.92 Å². The lowest BCUT2D eigenvalue weighted by atomic mass is 10.3. The maximum absolute atomic E-state index is 11.0. The third-order valence-electron chi connectivity index (χ3n) is 2.02. The van der Waals surface area contributed by atoms with Crippen LogP contribution < -0.4 is 16.8 Å². The first-order valence-corrected chi connectivity index (χ1v) is 6.15. The van der Waals surface area contributed by atoms with Gasteiger partial charge in [-0.15, -0.1) is 0 Å². The van der Waals surface area contributed by atoms with Crippen LogP contribution in [0.15, 0.2) is 0 Å². The molecule has 5 N–H and O–H groups in total. The molecule has 0 aromatic heterocycles. The second-order valence-corrected chi connectivity index (χ2v) is 5.11. The Morgan fingerprint density at radius 2 is 2.14 bits per heavy atom. The van der Waals surface area contributed by atoms with E-state index in [0.717, 1.165) is 6.42 Å². The zero-order valence-electron chi connectivity index (χ0n) is 8.66. The van der Waals surface area contributed by atoms with Crippen molar-refractivity contribution in [1.82, 2.24) is 5.32 Å². The molecule has 0 fully saturated rings. The molecule has 0 aromatic rings. The molecule has 0 aliphatic rings. The number of nitrogens with two attached hydrogens (primary N) is 2. The number of nitrogens with one attached hydrogen (secondary N) is 1. The number of hydrogen-bond acceptors (Lipinski definition) is 4. The summed E-state index contributed by atoms with van der Waals surface area (Å²) in [5, 5.41) is 3.15. The number of rotatable bonds is 7. The van der Waals surface area contributed by atoms with Gasteiger partial charge in [-0.3, -0.25) is 9.00 Å². The van der Waals surface area contributed by atoms with Crippen LogP contribution in [-0.4, -0.2) is 40.8 Å². The van der Waals surface area contributed by atoms with Gasteiger partial charge in [0.15, 0.2) is 0 Å². The normalized spacial score (nSPS) is 17.4. The van der Waals surface area contributed by atoms with Crippen LogP contribution in [-0.2, 0) is 15.6 Å². The molecule has 1 amide bonds. The Bertz CT molecular complexity index is 189. The highest BCUT2D eigenvalue weighted by Crippen LogP contribution is 1.96. The molecule has 5 nitrogen and oxygen atoms in total. The van der Waals surface area contributed by atoms with Gasteiger partial charge in [-0.2, -0.15) is 0 Å². The van der Waals surface area contributed by atoms with Crippen LogP contribution >= 0.6 is 0 Å². The fraction of sp³-hybridized carbons (Fsp3) is 0.875. The summed E-state index contributed by atoms with van der Waals surface area (Å²) in [4.78, 5) is 10.5. The van der Waals surface area contributed by atoms with E-state index in [4.69, 9.17) is 11.5 Å². The fourth-order valence-electron chi connectivity index (χ4n) is 0.829. The number of primary amides is 1. The third kappa shape index (κ3) is 6.06. The highest BCUT2D eigenvalue weighted by molar-refractivity contribution is 7.84. The molecule has 0 aromatic carbocycles. The van der Waals surface area contributed by atoms with Crippen molar-refractivity contribution in [2.75, 3.05) is 19.3 Å². The van der Waals surface area contributed by atoms with Crippen molar-refractivity contribution in [3.8, 4) is 0 Å². The Labute approximate surface area is 87.1 Å². The van der Waals surface area contributed by atoms with Crippen molar-refractivity contribution in [2.45, 2.75) is 24.6 Å². The largest absolute Gasteiger partial charge is 0.368 e. The zero-order valence-corrected chi connectivity index (χ0v) is 9.47. The summed E-state index contributed by atoms with van der Waals surface area (Å²) >= 11 is 0. The summed E-state index contributed by atoms with van der Waals surface area (Å²) in [6, 6.07) is -0.641. The molecule has 84 valence electrons. The monoisotopic (exact) mass is 221 g/mol. The number of carbonyl (C=O) groups excluding carboxylic acids is 1. The zero-order chi connectivity index (χ0) is 11.1. The summed E-state index contributed by atoms with van der Waals surface area (Å²) in [6.07, 6.45) is 2.48. The molecule has 0 saturated heterocycles. The Kier molecular flexibility index (Phi) is 6.69. The molecule has 0 bridgehead atoms. The third-order valence-corrected chi connectivity index (χ3v) is 3.39. The SMILES string of the molecule is CC(CCNCC(N)C(N)=O)S(C)=O. The van der Waals surface area contributed by atoms with Crippen LogP contribution in [0.25, 0.3) is 0 Å². The van der Waals surface area contributed by atoms with Crippen LogP contribution in [0.3, 0.4) is 0 Å². The second-order valence-electron chi connectivity index (χ2n) is 3.31. The average Bonchev–Trinajstić information content (AvgIpc) is 2.11. The predicted molar refractivity (Wildman–Crippen MR) is 58.2 cm³/mol. The summed E-state index contributed by atoms with van der Waals surface area (Å²) in [6.45, 7) is 2.99. The summed E-state index contributed by atoms with van der Waals surface area (Å²) in [7, 11) is -0.796. The van der Waals surface area contributed by atoms with Gasteiger partial charge in [-0.25, -0.2) is 0 Å². The van der Waals surface area contributed by atoms with Crippen molar-refractivity contribution in [1.29, 1.82) is 0 Å². The van der Waals surface area contributed by atoms with Gasteiger partial charge in [0.25, 0.3) is 0 Å². The average molecular weight is 221 g/mol. The van der Waals surface area contributed by atoms with E-state index in [1.165, 1.54) is 0 Å². The fourth-order valence-corrected chi connectivity index (χ4v) is 1.28. The van der Waals surface area contributed by atoms with Gasteiger partial charge >= 0.3 is 0 Å². The quantitative estimate of drug-likeness (QED) is 0.458. The second kappa shape index (κ2) is 6.92. The van der Waals surface area contributed by atoms with Gasteiger partial charge < -0.3 is 16.8 Å². The van der Waals surface area contributed by atoms with E-state index < -0.39 is 22.7 Å². The molecule has 0 aliphatic heterocycles. The molecule has 0 radical (unpaired) electrons. The maximum atomic E-state index is 11.0. The highest BCUT2D eigenvalue weighted by atomic mass is 32.2. The molecule has 6 heteroatoms. The van der Waals surface area contributed by atoms with Crippen molar-refractivity contribution in [3.63, 3.8) is 0 Å². The number of carbonyl (C=O) groups is 1. The number of hydrogen-bond donors (Lipinski definition) is 3. The minimum absolute atomic E-state index is 0.160. The van der Waals surface area contributed by atoms with Crippen molar-refractivity contribution >= 4 is 16.7 Å². The first-order valence-electron chi connectivity index (χ1n) is 4.53. The van der Waals surface area contributed by atoms with Crippen LogP contribution in [0.4, 0.5) is 0 Å². The highest BCUT2D eigenvalue weighted by Gasteiger charge is 2.09. The van der Waals surface area contributed by atoms with Gasteiger partial charge in [0.05, 0.1) is 6.04 Å². The van der Waals surface area contributed by atoms with Crippen LogP contribution in [0, 0.1) is 0 Å². The smallest absolute Gasteiger partial charge is 0.235 e. The molecule has 0 saturated carbocycles. The minimum Gasteiger partial charge on any atom is -0.368 e. The number of amides is 1. The topological polar surface area (TPSA) is 98.2 Å². The van der Waals surface area contributed by atoms with Crippen molar-refractivity contribution in [2.24, 2.45) is 11.5 Å². The molecule has 14 heavy (non-hydrogen) atoms. The first kappa shape index (κ1) is 13.5. The maximum Gasteiger partial charge on any atom is 0.235 e. The van der Waals surface area contributed by atoms with Gasteiger partial charge in [-0.05, 0) is 13.0 Å². The summed E-state index contributed by atoms with van der Waals surface area (Å²) in [5.74, 6) is -0.510. The summed E-state index contributed by atoms with van der Waals surface area (Å²) < 4.78 is 11.0. The Morgan fingerprint density at radius 1 is 1.57 bits per heavy atom. The van der Waals surface area contributed by atoms with Crippen LogP contribution in [0.2, 0.25) is 0 Å². The van der Waals surface area contributed by atoms with Gasteiger partial charge in [0, 0.05) is 28.9 Å². The Morgan fingerprint density at radius 3 is 2.57 bits per heavy atom. The van der Waals surface area contributed by atoms with Crippen molar-refractivity contribution in [3.05, 3.63) is 0 Å². The molecule has 0 spiro atoms. The van der Waals surface area contributed by atoms with E-state index in [0.29, 0.717) is 13.1 Å². The lowest BCUT2D eigenvalue weighted by molar-refractivity contribution is -0.119. The minimum atomic E-state index is -0.796. The molecule has 3 unspecified atom stereocenters. The Balaban J connectivity index is 3.47. The molecule has 0 rings (SSSR count). The van der Waals surface area contributed by atoms with Crippen molar-refractivity contribution < 1.29 is 9.00 Å². The van der Waals surface area contributed by atoms with E-state index in [2.05, 4.69) is 5.32 Å². The molecule has 0 aliphatic carbocycles. The van der Waals surface area contributed by atoms with E-state index >= 15 is 0 Å². The van der Waals surface area contributed by atoms with Gasteiger partial charge in [0.2, 0.25) is 5.91 Å². The van der Waals surface area contributed by atoms with E-state index in [1.807, 2.05) is 6.92 Å². The van der Waals surface area contributed by atoms with Gasteiger partial charge in [0.1, 0.15) is 0 Å². The van der Waals surface area contributed by atoms with E-state index in [9.17, 15) is 9.00 Å². The predicted octanol–water partition coefficient (Wildman–Crippen LogP) is -1.45. The Hall–Kier alpha value is -0.460. The molecule has 3 atom stereocenters. The van der Waals surface area contributed by atoms with E-state index in [-0.39, 0.29) is 5.25 Å². The lowest BCUT2D eigenvalue weighted by Gasteiger charge is -2.11. The molecule has 0 heterocycles. The standard InChI is InChI=1S/C8H19N3O2S/c1-6(14(2)13)3-4-11-5-7(9)8(10)12/h6-7,11H,3-5,9H2,1-2H3,(H2,10,12). The van der Waals surface area contributed by atoms with E-state index in [1.54, 1.807) is 6.26 Å². The molecular formula is C8H19N3O2S. The van der Waals surface area contributed by atoms with Crippen LogP contribution in [0.1, 0.15) is 13.3 Å². The summed E-state index contributed by atoms with van der Waals surface area (Å²) in [5.41, 5.74) is 10.4. The lowest BCUT2D eigenvalue weighted by Crippen LogP contribution is -2.44. The first-order chi connectivity index (χ1) is 6.45. The van der Waals surface area contributed by atoms with Crippen LogP contribution in [0.5, 0.6) is 0 Å². The molecular weight excluding hydrogens is 202 g/mol.